The van der Waals surface area contributed by atoms with Crippen LogP contribution in [0, 0.1) is 5.92 Å². The molecule has 0 bridgehead atoms. The molecule has 0 spiro atoms. The van der Waals surface area contributed by atoms with Crippen LogP contribution in [-0.2, 0) is 16.6 Å². The molecule has 1 aromatic carbocycles. The summed E-state index contributed by atoms with van der Waals surface area (Å²) in [5, 5.41) is 0.133. The second-order valence-corrected chi connectivity index (χ2v) is 10.5. The van der Waals surface area contributed by atoms with E-state index in [-0.39, 0.29) is 21.9 Å². The SMILES string of the molecule is CC1CCCN(S(=O)(=O)c2cc(C(=O)N(Cc3cccnc3)C(C)C)ccc2Cl)C1. The van der Waals surface area contributed by atoms with Gasteiger partial charge < -0.3 is 4.90 Å². The summed E-state index contributed by atoms with van der Waals surface area (Å²) in [4.78, 5) is 19.1. The van der Waals surface area contributed by atoms with Crippen LogP contribution < -0.4 is 0 Å². The van der Waals surface area contributed by atoms with Gasteiger partial charge in [0.15, 0.2) is 0 Å². The van der Waals surface area contributed by atoms with Gasteiger partial charge in [-0.3, -0.25) is 9.78 Å². The van der Waals surface area contributed by atoms with Gasteiger partial charge in [0, 0.05) is 43.6 Å². The van der Waals surface area contributed by atoms with Crippen molar-refractivity contribution in [3.05, 3.63) is 58.9 Å². The summed E-state index contributed by atoms with van der Waals surface area (Å²) >= 11 is 6.27. The highest BCUT2D eigenvalue weighted by Gasteiger charge is 2.31. The number of halogens is 1. The van der Waals surface area contributed by atoms with Crippen molar-refractivity contribution in [3.63, 3.8) is 0 Å². The lowest BCUT2D eigenvalue weighted by Crippen LogP contribution is -2.39. The van der Waals surface area contributed by atoms with E-state index >= 15 is 0 Å². The fourth-order valence-electron chi connectivity index (χ4n) is 3.68. The minimum absolute atomic E-state index is 0.00537. The number of hydrogen-bond donors (Lipinski definition) is 0. The smallest absolute Gasteiger partial charge is 0.254 e. The van der Waals surface area contributed by atoms with Gasteiger partial charge in [0.25, 0.3) is 5.91 Å². The van der Waals surface area contributed by atoms with Crippen LogP contribution in [0.3, 0.4) is 0 Å². The first-order valence-corrected chi connectivity index (χ1v) is 12.0. The van der Waals surface area contributed by atoms with E-state index in [0.29, 0.717) is 31.1 Å². The fourth-order valence-corrected chi connectivity index (χ4v) is 5.78. The average Bonchev–Trinajstić information content (AvgIpc) is 2.72. The number of pyridine rings is 1. The molecule has 0 radical (unpaired) electrons. The second-order valence-electron chi connectivity index (χ2n) is 8.14. The Labute approximate surface area is 183 Å². The maximum atomic E-state index is 13.3. The molecule has 6 nitrogen and oxygen atoms in total. The van der Waals surface area contributed by atoms with Gasteiger partial charge in [-0.1, -0.05) is 24.6 Å². The van der Waals surface area contributed by atoms with Crippen LogP contribution in [0.5, 0.6) is 0 Å². The summed E-state index contributed by atoms with van der Waals surface area (Å²) in [6, 6.07) is 8.16. The quantitative estimate of drug-likeness (QED) is 0.662. The van der Waals surface area contributed by atoms with Crippen molar-refractivity contribution in [2.75, 3.05) is 13.1 Å². The Kier molecular flexibility index (Phi) is 7.16. The van der Waals surface area contributed by atoms with Gasteiger partial charge in [0.05, 0.1) is 5.02 Å². The van der Waals surface area contributed by atoms with Gasteiger partial charge in [-0.05, 0) is 62.4 Å². The first kappa shape index (κ1) is 22.7. The molecule has 1 amide bonds. The lowest BCUT2D eigenvalue weighted by molar-refractivity contribution is 0.0690. The number of benzene rings is 1. The molecule has 1 fully saturated rings. The number of aromatic nitrogens is 1. The molecule has 8 heteroatoms. The maximum Gasteiger partial charge on any atom is 0.254 e. The monoisotopic (exact) mass is 449 g/mol. The number of sulfonamides is 1. The third kappa shape index (κ3) is 5.02. The molecule has 162 valence electrons. The molecule has 1 saturated heterocycles. The van der Waals surface area contributed by atoms with E-state index in [4.69, 9.17) is 11.6 Å². The van der Waals surface area contributed by atoms with E-state index in [9.17, 15) is 13.2 Å². The van der Waals surface area contributed by atoms with Crippen molar-refractivity contribution in [1.82, 2.24) is 14.2 Å². The van der Waals surface area contributed by atoms with E-state index in [0.717, 1.165) is 18.4 Å². The predicted octanol–water partition coefficient (Wildman–Crippen LogP) is 4.21. The van der Waals surface area contributed by atoms with Gasteiger partial charge in [0.1, 0.15) is 4.90 Å². The minimum atomic E-state index is -3.77. The summed E-state index contributed by atoms with van der Waals surface area (Å²) < 4.78 is 27.9. The molecular formula is C22H28ClN3O3S. The fraction of sp³-hybridized carbons (Fsp3) is 0.455. The maximum absolute atomic E-state index is 13.3. The normalized spacial score (nSPS) is 17.8. The Morgan fingerprint density at radius 3 is 2.73 bits per heavy atom. The zero-order chi connectivity index (χ0) is 21.9. The van der Waals surface area contributed by atoms with Crippen molar-refractivity contribution in [2.45, 2.75) is 51.1 Å². The van der Waals surface area contributed by atoms with Gasteiger partial charge in [0.2, 0.25) is 10.0 Å². The van der Waals surface area contributed by atoms with Gasteiger partial charge >= 0.3 is 0 Å². The molecule has 2 aromatic rings. The van der Waals surface area contributed by atoms with Crippen LogP contribution in [0.15, 0.2) is 47.6 Å². The second kappa shape index (κ2) is 9.45. The predicted molar refractivity (Wildman–Crippen MR) is 118 cm³/mol. The Morgan fingerprint density at radius 2 is 2.10 bits per heavy atom. The number of hydrogen-bond acceptors (Lipinski definition) is 4. The number of piperidine rings is 1. The van der Waals surface area contributed by atoms with Gasteiger partial charge in [-0.25, -0.2) is 8.42 Å². The molecule has 0 N–H and O–H groups in total. The minimum Gasteiger partial charge on any atom is -0.332 e. The van der Waals surface area contributed by atoms with Crippen LogP contribution >= 0.6 is 11.6 Å². The van der Waals surface area contributed by atoms with Crippen molar-refractivity contribution >= 4 is 27.5 Å². The third-order valence-electron chi connectivity index (χ3n) is 5.38. The highest BCUT2D eigenvalue weighted by atomic mass is 35.5. The topological polar surface area (TPSA) is 70.6 Å². The Balaban J connectivity index is 1.92. The molecule has 1 atom stereocenters. The number of amides is 1. The number of carbonyl (C=O) groups excluding carboxylic acids is 1. The Morgan fingerprint density at radius 1 is 1.33 bits per heavy atom. The zero-order valence-electron chi connectivity index (χ0n) is 17.6. The molecular weight excluding hydrogens is 422 g/mol. The molecule has 1 aliphatic rings. The van der Waals surface area contributed by atoms with Crippen molar-refractivity contribution < 1.29 is 13.2 Å². The lowest BCUT2D eigenvalue weighted by Gasteiger charge is -2.30. The largest absolute Gasteiger partial charge is 0.332 e. The highest BCUT2D eigenvalue weighted by Crippen LogP contribution is 2.29. The van der Waals surface area contributed by atoms with Crippen molar-refractivity contribution in [2.24, 2.45) is 5.92 Å². The van der Waals surface area contributed by atoms with Crippen LogP contribution in [0.1, 0.15) is 49.5 Å². The standard InChI is InChI=1S/C22H28ClN3O3S/c1-16(2)26(15-18-7-4-10-24-13-18)22(27)19-8-9-20(23)21(12-19)30(28,29)25-11-5-6-17(3)14-25/h4,7-10,12-13,16-17H,5-6,11,14-15H2,1-3H3. The van der Waals surface area contributed by atoms with Gasteiger partial charge in [-0.15, -0.1) is 0 Å². The van der Waals surface area contributed by atoms with E-state index in [1.807, 2.05) is 32.9 Å². The summed E-state index contributed by atoms with van der Waals surface area (Å²) in [6.07, 6.45) is 5.24. The lowest BCUT2D eigenvalue weighted by atomic mass is 10.0. The van der Waals surface area contributed by atoms with Crippen LogP contribution in [0.25, 0.3) is 0 Å². The molecule has 2 heterocycles. The number of rotatable bonds is 6. The molecule has 1 aliphatic heterocycles. The molecule has 0 aliphatic carbocycles. The van der Waals surface area contributed by atoms with E-state index in [2.05, 4.69) is 4.98 Å². The highest BCUT2D eigenvalue weighted by molar-refractivity contribution is 7.89. The van der Waals surface area contributed by atoms with E-state index in [1.165, 1.54) is 16.4 Å². The summed E-state index contributed by atoms with van der Waals surface area (Å²) in [5.41, 5.74) is 1.21. The Bertz CT molecular complexity index is 996. The summed E-state index contributed by atoms with van der Waals surface area (Å²) in [6.45, 7) is 7.23. The third-order valence-corrected chi connectivity index (χ3v) is 7.72. The van der Waals surface area contributed by atoms with Gasteiger partial charge in [-0.2, -0.15) is 4.31 Å². The molecule has 0 saturated carbocycles. The Hall–Kier alpha value is -1.96. The van der Waals surface area contributed by atoms with E-state index in [1.54, 1.807) is 23.4 Å². The van der Waals surface area contributed by atoms with E-state index < -0.39 is 10.0 Å². The first-order chi connectivity index (χ1) is 14.2. The average molecular weight is 450 g/mol. The number of carbonyl (C=O) groups is 1. The van der Waals surface area contributed by atoms with Crippen molar-refractivity contribution in [1.29, 1.82) is 0 Å². The summed E-state index contributed by atoms with van der Waals surface area (Å²) in [7, 11) is -3.77. The molecule has 1 aromatic heterocycles. The van der Waals surface area contributed by atoms with Crippen molar-refractivity contribution in [3.8, 4) is 0 Å². The zero-order valence-corrected chi connectivity index (χ0v) is 19.2. The molecule has 30 heavy (non-hydrogen) atoms. The van der Waals surface area contributed by atoms with Crippen LogP contribution in [0.4, 0.5) is 0 Å². The molecule has 3 rings (SSSR count). The summed E-state index contributed by atoms with van der Waals surface area (Å²) in [5.74, 6) is 0.0574. The number of nitrogens with zero attached hydrogens (tertiary/aromatic N) is 3. The first-order valence-electron chi connectivity index (χ1n) is 10.2. The molecule has 1 unspecified atom stereocenters. The van der Waals surface area contributed by atoms with Crippen LogP contribution in [0.2, 0.25) is 5.02 Å². The van der Waals surface area contributed by atoms with Crippen LogP contribution in [-0.4, -0.2) is 47.6 Å².